The van der Waals surface area contributed by atoms with Gasteiger partial charge in [0.25, 0.3) is 5.91 Å². The zero-order valence-electron chi connectivity index (χ0n) is 12.2. The van der Waals surface area contributed by atoms with Crippen molar-refractivity contribution in [2.75, 3.05) is 4.90 Å². The molecular formula is C15H19FN2O2. The van der Waals surface area contributed by atoms with E-state index in [1.54, 1.807) is 26.8 Å². The first kappa shape index (κ1) is 14.5. The van der Waals surface area contributed by atoms with Gasteiger partial charge in [0.05, 0.1) is 0 Å². The Labute approximate surface area is 118 Å². The number of benzene rings is 1. The maximum Gasteiger partial charge on any atom is 0.253 e. The molecule has 1 aromatic rings. The Balaban J connectivity index is 2.48. The van der Waals surface area contributed by atoms with Crippen molar-refractivity contribution in [2.45, 2.75) is 45.7 Å². The van der Waals surface area contributed by atoms with E-state index < -0.39 is 11.6 Å². The molecule has 2 rings (SSSR count). The summed E-state index contributed by atoms with van der Waals surface area (Å²) < 4.78 is 13.4. The fraction of sp³-hybridized carbons (Fsp3) is 0.467. The molecule has 1 saturated heterocycles. The number of amides is 2. The van der Waals surface area contributed by atoms with Crippen LogP contribution in [0.5, 0.6) is 0 Å². The molecule has 1 N–H and O–H groups in total. The van der Waals surface area contributed by atoms with Crippen LogP contribution in [0, 0.1) is 12.7 Å². The molecule has 5 heteroatoms. The van der Waals surface area contributed by atoms with Gasteiger partial charge < -0.3 is 5.32 Å². The molecule has 1 fully saturated rings. The van der Waals surface area contributed by atoms with Gasteiger partial charge in [0.15, 0.2) is 0 Å². The largest absolute Gasteiger partial charge is 0.340 e. The van der Waals surface area contributed by atoms with Crippen LogP contribution in [0.3, 0.4) is 0 Å². The summed E-state index contributed by atoms with van der Waals surface area (Å²) in [6.45, 7) is 6.86. The van der Waals surface area contributed by atoms with E-state index in [0.29, 0.717) is 17.7 Å². The molecule has 1 heterocycles. The maximum absolute atomic E-state index is 13.4. The summed E-state index contributed by atoms with van der Waals surface area (Å²) in [5.41, 5.74) is 0.0916. The van der Waals surface area contributed by atoms with Gasteiger partial charge in [-0.25, -0.2) is 4.39 Å². The minimum Gasteiger partial charge on any atom is -0.340 e. The second-order valence-electron chi connectivity index (χ2n) is 5.46. The van der Waals surface area contributed by atoms with Crippen LogP contribution in [-0.2, 0) is 9.59 Å². The van der Waals surface area contributed by atoms with Gasteiger partial charge in [0, 0.05) is 5.69 Å². The van der Waals surface area contributed by atoms with Crippen molar-refractivity contribution in [2.24, 2.45) is 0 Å². The molecule has 1 aromatic carbocycles. The number of hydrogen-bond donors (Lipinski definition) is 1. The molecule has 20 heavy (non-hydrogen) atoms. The predicted octanol–water partition coefficient (Wildman–Crippen LogP) is 2.15. The van der Waals surface area contributed by atoms with E-state index in [9.17, 15) is 14.0 Å². The molecular weight excluding hydrogens is 259 g/mol. The van der Waals surface area contributed by atoms with Crippen molar-refractivity contribution in [1.29, 1.82) is 0 Å². The summed E-state index contributed by atoms with van der Waals surface area (Å²) >= 11 is 0. The van der Waals surface area contributed by atoms with Gasteiger partial charge >= 0.3 is 0 Å². The van der Waals surface area contributed by atoms with Gasteiger partial charge in [-0.2, -0.15) is 0 Å². The molecule has 2 amide bonds. The van der Waals surface area contributed by atoms with Crippen molar-refractivity contribution in [1.82, 2.24) is 5.32 Å². The zero-order valence-corrected chi connectivity index (χ0v) is 12.2. The number of hydrogen-bond acceptors (Lipinski definition) is 2. The van der Waals surface area contributed by atoms with Crippen LogP contribution >= 0.6 is 0 Å². The van der Waals surface area contributed by atoms with Crippen molar-refractivity contribution in [3.63, 3.8) is 0 Å². The highest BCUT2D eigenvalue weighted by Gasteiger charge is 2.45. The first-order valence-corrected chi connectivity index (χ1v) is 6.72. The normalized spacial score (nSPS) is 26.6. The number of carbonyl (C=O) groups is 2. The third-order valence-corrected chi connectivity index (χ3v) is 3.98. The van der Waals surface area contributed by atoms with Gasteiger partial charge in [-0.3, -0.25) is 14.5 Å². The highest BCUT2D eigenvalue weighted by molar-refractivity contribution is 6.10. The van der Waals surface area contributed by atoms with Gasteiger partial charge in [-0.05, 0) is 51.0 Å². The molecule has 0 bridgehead atoms. The first-order chi connectivity index (χ1) is 9.30. The van der Waals surface area contributed by atoms with E-state index in [2.05, 4.69) is 5.32 Å². The molecule has 0 radical (unpaired) electrons. The molecule has 1 aliphatic rings. The Morgan fingerprint density at radius 1 is 1.40 bits per heavy atom. The van der Waals surface area contributed by atoms with Gasteiger partial charge in [-0.1, -0.05) is 6.92 Å². The Morgan fingerprint density at radius 3 is 2.60 bits per heavy atom. The molecule has 108 valence electrons. The summed E-state index contributed by atoms with van der Waals surface area (Å²) in [4.78, 5) is 26.2. The fourth-order valence-corrected chi connectivity index (χ4v) is 2.35. The van der Waals surface area contributed by atoms with Crippen molar-refractivity contribution >= 4 is 17.5 Å². The minimum atomic E-state index is -0.911. The fourth-order valence-electron chi connectivity index (χ4n) is 2.35. The number of rotatable bonds is 2. The van der Waals surface area contributed by atoms with E-state index in [1.165, 1.54) is 17.0 Å². The summed E-state index contributed by atoms with van der Waals surface area (Å²) in [6, 6.07) is 3.84. The molecule has 4 nitrogen and oxygen atoms in total. The van der Waals surface area contributed by atoms with Gasteiger partial charge in [-0.15, -0.1) is 0 Å². The number of halogens is 1. The summed E-state index contributed by atoms with van der Waals surface area (Å²) in [7, 11) is 0. The highest BCUT2D eigenvalue weighted by atomic mass is 19.1. The lowest BCUT2D eigenvalue weighted by Crippen LogP contribution is -2.68. The van der Waals surface area contributed by atoms with Crippen LogP contribution in [0.2, 0.25) is 0 Å². The van der Waals surface area contributed by atoms with Crippen LogP contribution in [-0.4, -0.2) is 23.4 Å². The molecule has 1 aliphatic heterocycles. The minimum absolute atomic E-state index is 0.168. The Hall–Kier alpha value is -1.91. The lowest BCUT2D eigenvalue weighted by molar-refractivity contribution is -0.137. The number of nitrogens with one attached hydrogen (secondary N) is 1. The highest BCUT2D eigenvalue weighted by Crippen LogP contribution is 2.28. The van der Waals surface area contributed by atoms with Crippen LogP contribution in [0.25, 0.3) is 0 Å². The van der Waals surface area contributed by atoms with Gasteiger partial charge in [0.2, 0.25) is 5.91 Å². The van der Waals surface area contributed by atoms with Gasteiger partial charge in [0.1, 0.15) is 17.4 Å². The lowest BCUT2D eigenvalue weighted by atomic mass is 9.91. The van der Waals surface area contributed by atoms with E-state index in [4.69, 9.17) is 0 Å². The molecule has 0 spiro atoms. The van der Waals surface area contributed by atoms with E-state index in [1.807, 2.05) is 6.92 Å². The number of carbonyl (C=O) groups excluding carboxylic acids is 2. The van der Waals surface area contributed by atoms with E-state index in [0.717, 1.165) is 0 Å². The SMILES string of the molecule is CCC1(C)NC(=O)C(C)N(c2ccc(F)c(C)c2)C1=O. The maximum atomic E-state index is 13.4. The van der Waals surface area contributed by atoms with Crippen LogP contribution in [0.4, 0.5) is 10.1 Å². The molecule has 2 unspecified atom stereocenters. The summed E-state index contributed by atoms with van der Waals surface area (Å²) in [5.74, 6) is -0.692. The molecule has 0 aliphatic carbocycles. The number of anilines is 1. The van der Waals surface area contributed by atoms with Crippen LogP contribution in [0.15, 0.2) is 18.2 Å². The third kappa shape index (κ3) is 2.17. The Kier molecular flexibility index (Phi) is 3.54. The quantitative estimate of drug-likeness (QED) is 0.901. The summed E-state index contributed by atoms with van der Waals surface area (Å²) in [6.07, 6.45) is 0.501. The molecule has 0 aromatic heterocycles. The average Bonchev–Trinajstić information content (AvgIpc) is 2.41. The Bertz CT molecular complexity index is 573. The zero-order chi connectivity index (χ0) is 15.1. The van der Waals surface area contributed by atoms with Crippen molar-refractivity contribution in [3.8, 4) is 0 Å². The second kappa shape index (κ2) is 4.89. The lowest BCUT2D eigenvalue weighted by Gasteiger charge is -2.43. The smallest absolute Gasteiger partial charge is 0.253 e. The van der Waals surface area contributed by atoms with Crippen LogP contribution < -0.4 is 10.2 Å². The molecule has 2 atom stereocenters. The topological polar surface area (TPSA) is 49.4 Å². The first-order valence-electron chi connectivity index (χ1n) is 6.72. The second-order valence-corrected chi connectivity index (χ2v) is 5.46. The summed E-state index contributed by atoms with van der Waals surface area (Å²) in [5, 5.41) is 2.76. The van der Waals surface area contributed by atoms with Crippen molar-refractivity contribution in [3.05, 3.63) is 29.6 Å². The van der Waals surface area contributed by atoms with Crippen molar-refractivity contribution < 1.29 is 14.0 Å². The number of aryl methyl sites for hydroxylation is 1. The predicted molar refractivity (Wildman–Crippen MR) is 74.9 cm³/mol. The van der Waals surface area contributed by atoms with E-state index in [-0.39, 0.29) is 17.6 Å². The average molecular weight is 278 g/mol. The third-order valence-electron chi connectivity index (χ3n) is 3.98. The van der Waals surface area contributed by atoms with Crippen LogP contribution in [0.1, 0.15) is 32.8 Å². The number of piperazine rings is 1. The number of nitrogens with zero attached hydrogens (tertiary/aromatic N) is 1. The van der Waals surface area contributed by atoms with E-state index >= 15 is 0 Å². The Morgan fingerprint density at radius 2 is 2.05 bits per heavy atom. The standard InChI is InChI=1S/C15H19FN2O2/c1-5-15(4)14(20)18(10(3)13(19)17-15)11-6-7-12(16)9(2)8-11/h6-8,10H,5H2,1-4H3,(H,17,19). The monoisotopic (exact) mass is 278 g/mol. The molecule has 0 saturated carbocycles.